The van der Waals surface area contributed by atoms with Gasteiger partial charge in [0.15, 0.2) is 0 Å². The minimum absolute atomic E-state index is 0.0756. The molecule has 0 atom stereocenters. The van der Waals surface area contributed by atoms with Crippen molar-refractivity contribution in [2.45, 2.75) is 13.1 Å². The maximum absolute atomic E-state index is 13.2. The number of rotatable bonds is 2. The first-order chi connectivity index (χ1) is 10.7. The fourth-order valence-corrected chi connectivity index (χ4v) is 2.82. The zero-order valence-corrected chi connectivity index (χ0v) is 13.6. The normalized spacial score (nSPS) is 11.2. The van der Waals surface area contributed by atoms with Crippen LogP contribution >= 0.6 is 15.9 Å². The largest absolute Gasteiger partial charge is 0.495 e. The van der Waals surface area contributed by atoms with E-state index in [0.717, 1.165) is 13.2 Å². The fourth-order valence-electron chi connectivity index (χ4n) is 2.19. The van der Waals surface area contributed by atoms with Gasteiger partial charge in [-0.1, -0.05) is 0 Å². The van der Waals surface area contributed by atoms with Gasteiger partial charge in [0.25, 0.3) is 5.56 Å². The number of nitrogens with zero attached hydrogens (tertiary/aromatic N) is 1. The Labute approximate surface area is 137 Å². The molecule has 0 radical (unpaired) electrons. The van der Waals surface area contributed by atoms with Crippen molar-refractivity contribution in [2.75, 3.05) is 7.11 Å². The second-order valence-electron chi connectivity index (χ2n) is 4.72. The molecule has 0 saturated heterocycles. The van der Waals surface area contributed by atoms with Gasteiger partial charge in [0.1, 0.15) is 17.4 Å². The molecule has 1 N–H and O–H groups in total. The summed E-state index contributed by atoms with van der Waals surface area (Å²) in [6.07, 6.45) is -4.65. The molecule has 0 spiro atoms. The second-order valence-corrected chi connectivity index (χ2v) is 5.57. The van der Waals surface area contributed by atoms with Crippen LogP contribution in [0, 0.1) is 18.3 Å². The number of aromatic amines is 1. The summed E-state index contributed by atoms with van der Waals surface area (Å²) >= 11 is 3.04. The molecule has 0 aliphatic carbocycles. The summed E-state index contributed by atoms with van der Waals surface area (Å²) in [5, 5.41) is 9.12. The lowest BCUT2D eigenvalue weighted by atomic mass is 9.98. The number of halogens is 4. The summed E-state index contributed by atoms with van der Waals surface area (Å²) in [6, 6.07) is 5.41. The van der Waals surface area contributed by atoms with Crippen LogP contribution in [0.2, 0.25) is 0 Å². The minimum Gasteiger partial charge on any atom is -0.495 e. The van der Waals surface area contributed by atoms with Crippen LogP contribution in [0.4, 0.5) is 13.2 Å². The third-order valence-corrected chi connectivity index (χ3v) is 3.73. The molecule has 0 aliphatic rings. The number of aryl methyl sites for hydroxylation is 1. The first kappa shape index (κ1) is 17.1. The number of methoxy groups -OCH3 is 1. The molecular formula is C15H10BrF3N2O2. The lowest BCUT2D eigenvalue weighted by molar-refractivity contribution is -0.138. The van der Waals surface area contributed by atoms with Crippen molar-refractivity contribution in [1.82, 2.24) is 4.98 Å². The molecule has 2 rings (SSSR count). The van der Waals surface area contributed by atoms with E-state index in [2.05, 4.69) is 20.9 Å². The van der Waals surface area contributed by atoms with Crippen LogP contribution in [-0.2, 0) is 6.18 Å². The van der Waals surface area contributed by atoms with Crippen LogP contribution in [-0.4, -0.2) is 12.1 Å². The van der Waals surface area contributed by atoms with E-state index in [-0.39, 0.29) is 26.9 Å². The number of nitriles is 1. The molecular weight excluding hydrogens is 377 g/mol. The summed E-state index contributed by atoms with van der Waals surface area (Å²) in [7, 11) is 1.13. The zero-order chi connectivity index (χ0) is 17.4. The standard InChI is InChI=1S/C15H10BrF3N2O2/c1-7-3-9(10(6-20)14(22)21-7)8-4-11(15(17,18)19)13(23-2)12(16)5-8/h3-5H,1-2H3,(H,21,22). The molecule has 2 aromatic rings. The Morgan fingerprint density at radius 3 is 2.48 bits per heavy atom. The predicted octanol–water partition coefficient (Wildman–Crippen LogP) is 4.01. The van der Waals surface area contributed by atoms with Crippen LogP contribution in [0.3, 0.4) is 0 Å². The van der Waals surface area contributed by atoms with Crippen molar-refractivity contribution in [3.63, 3.8) is 0 Å². The number of alkyl halides is 3. The van der Waals surface area contributed by atoms with Crippen LogP contribution in [0.5, 0.6) is 5.75 Å². The highest BCUT2D eigenvalue weighted by atomic mass is 79.9. The molecule has 0 aliphatic heterocycles. The average molecular weight is 387 g/mol. The Morgan fingerprint density at radius 2 is 1.96 bits per heavy atom. The number of hydrogen-bond donors (Lipinski definition) is 1. The highest BCUT2D eigenvalue weighted by molar-refractivity contribution is 9.10. The Balaban J connectivity index is 2.84. The van der Waals surface area contributed by atoms with Gasteiger partial charge in [-0.2, -0.15) is 18.4 Å². The lowest BCUT2D eigenvalue weighted by Gasteiger charge is -2.16. The average Bonchev–Trinajstić information content (AvgIpc) is 2.44. The maximum atomic E-state index is 13.2. The van der Waals surface area contributed by atoms with Gasteiger partial charge in [0.2, 0.25) is 0 Å². The predicted molar refractivity (Wildman–Crippen MR) is 81.2 cm³/mol. The Bertz CT molecular complexity index is 867. The van der Waals surface area contributed by atoms with Crippen molar-refractivity contribution < 1.29 is 17.9 Å². The molecule has 8 heteroatoms. The third kappa shape index (κ3) is 3.24. The van der Waals surface area contributed by atoms with Gasteiger partial charge in [-0.25, -0.2) is 0 Å². The molecule has 120 valence electrons. The van der Waals surface area contributed by atoms with E-state index in [1.54, 1.807) is 13.0 Å². The molecule has 1 heterocycles. The monoisotopic (exact) mass is 386 g/mol. The Morgan fingerprint density at radius 1 is 1.30 bits per heavy atom. The fraction of sp³-hybridized carbons (Fsp3) is 0.200. The number of benzene rings is 1. The van der Waals surface area contributed by atoms with E-state index in [9.17, 15) is 18.0 Å². The van der Waals surface area contributed by atoms with Crippen LogP contribution in [0.25, 0.3) is 11.1 Å². The summed E-state index contributed by atoms with van der Waals surface area (Å²) in [5.41, 5.74) is -1.24. The molecule has 23 heavy (non-hydrogen) atoms. The van der Waals surface area contributed by atoms with E-state index in [1.165, 1.54) is 12.1 Å². The van der Waals surface area contributed by atoms with Gasteiger partial charge in [-0.3, -0.25) is 4.79 Å². The smallest absolute Gasteiger partial charge is 0.420 e. The molecule has 0 saturated carbocycles. The number of pyridine rings is 1. The molecule has 1 aromatic heterocycles. The number of nitrogens with one attached hydrogen (secondary N) is 1. The zero-order valence-electron chi connectivity index (χ0n) is 12.0. The van der Waals surface area contributed by atoms with Gasteiger partial charge in [0.05, 0.1) is 17.1 Å². The molecule has 0 bridgehead atoms. The lowest BCUT2D eigenvalue weighted by Crippen LogP contribution is -2.13. The molecule has 0 fully saturated rings. The molecule has 0 unspecified atom stereocenters. The van der Waals surface area contributed by atoms with E-state index in [1.807, 2.05) is 0 Å². The number of ether oxygens (including phenoxy) is 1. The van der Waals surface area contributed by atoms with Crippen LogP contribution in [0.15, 0.2) is 27.5 Å². The van der Waals surface area contributed by atoms with Crippen LogP contribution in [0.1, 0.15) is 16.8 Å². The van der Waals surface area contributed by atoms with Gasteiger partial charge in [-0.15, -0.1) is 0 Å². The second kappa shape index (κ2) is 6.08. The summed E-state index contributed by atoms with van der Waals surface area (Å²) in [4.78, 5) is 14.3. The minimum atomic E-state index is -4.65. The summed E-state index contributed by atoms with van der Waals surface area (Å²) in [5.74, 6) is -0.360. The number of hydrogen-bond acceptors (Lipinski definition) is 3. The number of H-pyrrole nitrogens is 1. The molecule has 1 aromatic carbocycles. The quantitative estimate of drug-likeness (QED) is 0.847. The first-order valence-corrected chi connectivity index (χ1v) is 7.07. The topological polar surface area (TPSA) is 65.9 Å². The van der Waals surface area contributed by atoms with Gasteiger partial charge >= 0.3 is 6.18 Å². The van der Waals surface area contributed by atoms with Gasteiger partial charge < -0.3 is 9.72 Å². The summed E-state index contributed by atoms with van der Waals surface area (Å²) in [6.45, 7) is 1.58. The van der Waals surface area contributed by atoms with Crippen molar-refractivity contribution in [2.24, 2.45) is 0 Å². The van der Waals surface area contributed by atoms with E-state index in [4.69, 9.17) is 10.00 Å². The van der Waals surface area contributed by atoms with Crippen LogP contribution < -0.4 is 10.3 Å². The van der Waals surface area contributed by atoms with Gasteiger partial charge in [-0.05, 0) is 46.6 Å². The Hall–Kier alpha value is -2.27. The third-order valence-electron chi connectivity index (χ3n) is 3.14. The van der Waals surface area contributed by atoms with E-state index in [0.29, 0.717) is 5.69 Å². The first-order valence-electron chi connectivity index (χ1n) is 6.28. The SMILES string of the molecule is COc1c(Br)cc(-c2cc(C)[nH]c(=O)c2C#N)cc1C(F)(F)F. The van der Waals surface area contributed by atoms with E-state index >= 15 is 0 Å². The number of aromatic nitrogens is 1. The van der Waals surface area contributed by atoms with E-state index < -0.39 is 17.3 Å². The van der Waals surface area contributed by atoms with Crippen molar-refractivity contribution in [3.8, 4) is 22.9 Å². The van der Waals surface area contributed by atoms with Gasteiger partial charge in [0, 0.05) is 11.3 Å². The Kier molecular flexibility index (Phi) is 4.52. The van der Waals surface area contributed by atoms with Crippen molar-refractivity contribution in [3.05, 3.63) is 49.8 Å². The molecule has 4 nitrogen and oxygen atoms in total. The van der Waals surface area contributed by atoms with Crippen molar-refractivity contribution in [1.29, 1.82) is 5.26 Å². The maximum Gasteiger partial charge on any atom is 0.420 e. The molecule has 0 amide bonds. The highest BCUT2D eigenvalue weighted by Crippen LogP contribution is 2.43. The summed E-state index contributed by atoms with van der Waals surface area (Å²) < 4.78 is 44.5. The van der Waals surface area contributed by atoms with Crippen molar-refractivity contribution >= 4 is 15.9 Å². The highest BCUT2D eigenvalue weighted by Gasteiger charge is 2.36.